The average Bonchev–Trinajstić information content (AvgIpc) is 3.23. The van der Waals surface area contributed by atoms with E-state index in [1.54, 1.807) is 11.3 Å². The van der Waals surface area contributed by atoms with E-state index in [0.29, 0.717) is 19.4 Å². The van der Waals surface area contributed by atoms with E-state index in [4.69, 9.17) is 5.73 Å². The number of benzene rings is 1. The Kier molecular flexibility index (Phi) is 5.03. The summed E-state index contributed by atoms with van der Waals surface area (Å²) in [4.78, 5) is 28.4. The Morgan fingerprint density at radius 1 is 1.32 bits per heavy atom. The molecular weight excluding hydrogens is 336 g/mol. The maximum absolute atomic E-state index is 12.1. The lowest BCUT2D eigenvalue weighted by Gasteiger charge is -2.26. The van der Waals surface area contributed by atoms with Gasteiger partial charge in [0.25, 0.3) is 0 Å². The first-order chi connectivity index (χ1) is 12.0. The van der Waals surface area contributed by atoms with Crippen LogP contribution in [-0.4, -0.2) is 22.5 Å². The van der Waals surface area contributed by atoms with Crippen LogP contribution >= 0.6 is 11.3 Å². The van der Waals surface area contributed by atoms with Gasteiger partial charge in [-0.3, -0.25) is 4.79 Å². The molecule has 0 saturated heterocycles. The summed E-state index contributed by atoms with van der Waals surface area (Å²) in [5.41, 5.74) is 7.61. The molecule has 1 fully saturated rings. The molecule has 0 bridgehead atoms. The number of nitrogens with one attached hydrogen (secondary N) is 2. The summed E-state index contributed by atoms with van der Waals surface area (Å²) < 4.78 is 0. The predicted molar refractivity (Wildman–Crippen MR) is 98.1 cm³/mol. The van der Waals surface area contributed by atoms with Gasteiger partial charge in [-0.2, -0.15) is 0 Å². The number of aryl methyl sites for hydroxylation is 1. The molecule has 0 atom stereocenters. The van der Waals surface area contributed by atoms with Crippen molar-refractivity contribution in [1.82, 2.24) is 15.6 Å². The van der Waals surface area contributed by atoms with Crippen molar-refractivity contribution < 1.29 is 9.59 Å². The van der Waals surface area contributed by atoms with E-state index in [9.17, 15) is 9.59 Å². The fraction of sp³-hybridized carbons (Fsp3) is 0.389. The van der Waals surface area contributed by atoms with Crippen molar-refractivity contribution in [3.8, 4) is 10.6 Å². The molecule has 1 aliphatic rings. The van der Waals surface area contributed by atoms with Gasteiger partial charge in [0.2, 0.25) is 5.91 Å². The topological polar surface area (TPSA) is 97.1 Å². The summed E-state index contributed by atoms with van der Waals surface area (Å²) in [7, 11) is 0. The molecule has 25 heavy (non-hydrogen) atoms. The number of rotatable bonds is 5. The van der Waals surface area contributed by atoms with Gasteiger partial charge in [0.1, 0.15) is 10.5 Å². The van der Waals surface area contributed by atoms with Gasteiger partial charge >= 0.3 is 6.03 Å². The van der Waals surface area contributed by atoms with Gasteiger partial charge in [-0.15, -0.1) is 11.3 Å². The number of amides is 3. The van der Waals surface area contributed by atoms with Crippen molar-refractivity contribution >= 4 is 23.3 Å². The second kappa shape index (κ2) is 7.23. The molecule has 3 rings (SSSR count). The van der Waals surface area contributed by atoms with E-state index in [1.165, 1.54) is 5.56 Å². The lowest BCUT2D eigenvalue weighted by molar-refractivity contribution is -0.123. The Morgan fingerprint density at radius 2 is 2.08 bits per heavy atom. The lowest BCUT2D eigenvalue weighted by atomic mass is 9.97. The highest BCUT2D eigenvalue weighted by molar-refractivity contribution is 7.13. The van der Waals surface area contributed by atoms with Gasteiger partial charge in [0.15, 0.2) is 0 Å². The molecule has 1 aliphatic carbocycles. The van der Waals surface area contributed by atoms with Crippen LogP contribution in [0.15, 0.2) is 29.6 Å². The number of thiazole rings is 1. The van der Waals surface area contributed by atoms with Crippen molar-refractivity contribution in [3.05, 3.63) is 40.9 Å². The standard InChI is InChI=1S/C18H22N4O2S/c1-12-5-4-6-13(9-12)15-21-14(11-25-15)10-20-17(24)22-18(16(19)23)7-2-3-8-18/h4-6,9,11H,2-3,7-8,10H2,1H3,(H2,19,23)(H2,20,22,24). The minimum Gasteiger partial charge on any atom is -0.368 e. The first-order valence-electron chi connectivity index (χ1n) is 8.36. The van der Waals surface area contributed by atoms with Gasteiger partial charge in [-0.05, 0) is 25.8 Å². The van der Waals surface area contributed by atoms with E-state index in [2.05, 4.69) is 21.7 Å². The number of urea groups is 1. The van der Waals surface area contributed by atoms with Gasteiger partial charge in [-0.25, -0.2) is 9.78 Å². The molecule has 7 heteroatoms. The third-order valence-corrected chi connectivity index (χ3v) is 5.47. The molecule has 0 radical (unpaired) electrons. The van der Waals surface area contributed by atoms with Crippen molar-refractivity contribution in [1.29, 1.82) is 0 Å². The summed E-state index contributed by atoms with van der Waals surface area (Å²) in [5, 5.41) is 8.38. The Morgan fingerprint density at radius 3 is 2.76 bits per heavy atom. The molecule has 1 heterocycles. The summed E-state index contributed by atoms with van der Waals surface area (Å²) >= 11 is 1.54. The molecule has 1 saturated carbocycles. The van der Waals surface area contributed by atoms with Gasteiger partial charge in [0, 0.05) is 10.9 Å². The molecule has 4 N–H and O–H groups in total. The van der Waals surface area contributed by atoms with E-state index in [1.807, 2.05) is 30.5 Å². The summed E-state index contributed by atoms with van der Waals surface area (Å²) in [6.07, 6.45) is 3.00. The fourth-order valence-corrected chi connectivity index (χ4v) is 3.96. The number of nitrogens with two attached hydrogens (primary N) is 1. The van der Waals surface area contributed by atoms with Crippen LogP contribution in [-0.2, 0) is 11.3 Å². The first kappa shape index (κ1) is 17.4. The summed E-state index contributed by atoms with van der Waals surface area (Å²) in [6, 6.07) is 7.77. The summed E-state index contributed by atoms with van der Waals surface area (Å²) in [5.74, 6) is -0.462. The molecule has 0 unspecified atom stereocenters. The Labute approximate surface area is 150 Å². The van der Waals surface area contributed by atoms with E-state index < -0.39 is 11.4 Å². The Bertz CT molecular complexity index is 781. The number of primary amides is 1. The highest BCUT2D eigenvalue weighted by Crippen LogP contribution is 2.29. The van der Waals surface area contributed by atoms with Gasteiger partial charge < -0.3 is 16.4 Å². The van der Waals surface area contributed by atoms with Crippen LogP contribution in [0.5, 0.6) is 0 Å². The zero-order chi connectivity index (χ0) is 17.9. The van der Waals surface area contributed by atoms with Crippen molar-refractivity contribution in [2.45, 2.75) is 44.7 Å². The SMILES string of the molecule is Cc1cccc(-c2nc(CNC(=O)NC3(C(N)=O)CCCC3)cs2)c1. The molecule has 132 valence electrons. The van der Waals surface area contributed by atoms with Crippen LogP contribution in [0.1, 0.15) is 36.9 Å². The molecule has 1 aromatic heterocycles. The van der Waals surface area contributed by atoms with Crippen LogP contribution < -0.4 is 16.4 Å². The maximum atomic E-state index is 12.1. The molecule has 1 aromatic carbocycles. The number of aromatic nitrogens is 1. The van der Waals surface area contributed by atoms with Crippen LogP contribution in [0, 0.1) is 6.92 Å². The quantitative estimate of drug-likeness (QED) is 0.766. The van der Waals surface area contributed by atoms with Gasteiger partial charge in [-0.1, -0.05) is 36.6 Å². The second-order valence-electron chi connectivity index (χ2n) is 6.47. The number of hydrogen-bond acceptors (Lipinski definition) is 4. The third kappa shape index (κ3) is 3.99. The Hall–Kier alpha value is -2.41. The number of carbonyl (C=O) groups is 2. The monoisotopic (exact) mass is 358 g/mol. The molecule has 0 spiro atoms. The van der Waals surface area contributed by atoms with Crippen LogP contribution in [0.3, 0.4) is 0 Å². The van der Waals surface area contributed by atoms with Crippen molar-refractivity contribution in [2.75, 3.05) is 0 Å². The average molecular weight is 358 g/mol. The minimum atomic E-state index is -0.904. The van der Waals surface area contributed by atoms with E-state index >= 15 is 0 Å². The maximum Gasteiger partial charge on any atom is 0.315 e. The third-order valence-electron chi connectivity index (χ3n) is 4.53. The lowest BCUT2D eigenvalue weighted by Crippen LogP contribution is -2.57. The molecule has 6 nitrogen and oxygen atoms in total. The van der Waals surface area contributed by atoms with Gasteiger partial charge in [0.05, 0.1) is 12.2 Å². The normalized spacial score (nSPS) is 15.7. The largest absolute Gasteiger partial charge is 0.368 e. The fourth-order valence-electron chi connectivity index (χ4n) is 3.14. The van der Waals surface area contributed by atoms with Crippen molar-refractivity contribution in [3.63, 3.8) is 0 Å². The number of nitrogens with zero attached hydrogens (tertiary/aromatic N) is 1. The minimum absolute atomic E-state index is 0.309. The predicted octanol–water partition coefficient (Wildman–Crippen LogP) is 2.72. The highest BCUT2D eigenvalue weighted by Gasteiger charge is 2.40. The molecule has 2 aromatic rings. The smallest absolute Gasteiger partial charge is 0.315 e. The van der Waals surface area contributed by atoms with Crippen LogP contribution in [0.2, 0.25) is 0 Å². The zero-order valence-corrected chi connectivity index (χ0v) is 15.0. The molecule has 3 amide bonds. The van der Waals surface area contributed by atoms with Crippen molar-refractivity contribution in [2.24, 2.45) is 5.73 Å². The zero-order valence-electron chi connectivity index (χ0n) is 14.2. The summed E-state index contributed by atoms with van der Waals surface area (Å²) in [6.45, 7) is 2.35. The highest BCUT2D eigenvalue weighted by atomic mass is 32.1. The first-order valence-corrected chi connectivity index (χ1v) is 9.24. The molecular formula is C18H22N4O2S. The Balaban J connectivity index is 1.59. The van der Waals surface area contributed by atoms with E-state index in [-0.39, 0.29) is 6.03 Å². The van der Waals surface area contributed by atoms with Crippen LogP contribution in [0.4, 0.5) is 4.79 Å². The molecule has 0 aliphatic heterocycles. The van der Waals surface area contributed by atoms with E-state index in [0.717, 1.165) is 29.1 Å². The number of carbonyl (C=O) groups excluding carboxylic acids is 2. The number of hydrogen-bond donors (Lipinski definition) is 3. The second-order valence-corrected chi connectivity index (χ2v) is 7.33. The van der Waals surface area contributed by atoms with Crippen LogP contribution in [0.25, 0.3) is 10.6 Å².